The summed E-state index contributed by atoms with van der Waals surface area (Å²) in [6.07, 6.45) is 0.618. The van der Waals surface area contributed by atoms with Crippen LogP contribution in [-0.2, 0) is 24.8 Å². The Labute approximate surface area is 187 Å². The third kappa shape index (κ3) is 4.21. The van der Waals surface area contributed by atoms with Crippen LogP contribution in [0.25, 0.3) is 16.9 Å². The maximum atomic E-state index is 13.2. The molecule has 164 valence electrons. The summed E-state index contributed by atoms with van der Waals surface area (Å²) in [6.45, 7) is 6.46. The molecule has 0 aliphatic rings. The van der Waals surface area contributed by atoms with Gasteiger partial charge in [-0.3, -0.25) is 9.59 Å². The van der Waals surface area contributed by atoms with E-state index in [0.29, 0.717) is 18.5 Å². The number of hydrogen-bond donors (Lipinski definition) is 1. The van der Waals surface area contributed by atoms with Gasteiger partial charge in [-0.2, -0.15) is 9.61 Å². The maximum Gasteiger partial charge on any atom is 0.277 e. The first kappa shape index (κ1) is 21.6. The Morgan fingerprint density at radius 1 is 1.03 bits per heavy atom. The van der Waals surface area contributed by atoms with Crippen LogP contribution in [-0.4, -0.2) is 20.1 Å². The van der Waals surface area contributed by atoms with E-state index >= 15 is 0 Å². The summed E-state index contributed by atoms with van der Waals surface area (Å²) in [5.41, 5.74) is 7.15. The Morgan fingerprint density at radius 3 is 2.47 bits per heavy atom. The number of amides is 1. The maximum absolute atomic E-state index is 13.2. The molecule has 6 nitrogen and oxygen atoms in total. The lowest BCUT2D eigenvalue weighted by atomic mass is 10.1. The third-order valence-electron chi connectivity index (χ3n) is 6.06. The molecule has 0 spiro atoms. The molecule has 0 saturated heterocycles. The lowest BCUT2D eigenvalue weighted by Crippen LogP contribution is -2.27. The number of nitrogens with zero attached hydrogens (tertiary/aromatic N) is 3. The molecule has 0 bridgehead atoms. The van der Waals surface area contributed by atoms with Gasteiger partial charge in [-0.15, -0.1) is 0 Å². The first-order chi connectivity index (χ1) is 15.3. The highest BCUT2D eigenvalue weighted by molar-refractivity contribution is 5.76. The van der Waals surface area contributed by atoms with Crippen LogP contribution in [0.4, 0.5) is 0 Å². The molecule has 0 fully saturated rings. The molecule has 32 heavy (non-hydrogen) atoms. The van der Waals surface area contributed by atoms with Gasteiger partial charge in [0.15, 0.2) is 0 Å². The number of fused-ring (bicyclic) bond motifs is 1. The van der Waals surface area contributed by atoms with E-state index in [4.69, 9.17) is 0 Å². The number of nitrogens with one attached hydrogen (secondary N) is 1. The van der Waals surface area contributed by atoms with Gasteiger partial charge in [0.25, 0.3) is 5.56 Å². The minimum absolute atomic E-state index is 0.0758. The van der Waals surface area contributed by atoms with E-state index in [1.54, 1.807) is 0 Å². The van der Waals surface area contributed by atoms with Crippen LogP contribution in [0, 0.1) is 20.8 Å². The number of carbonyl (C=O) groups excluding carboxylic acids is 1. The molecule has 1 amide bonds. The molecule has 2 aromatic heterocycles. The van der Waals surface area contributed by atoms with E-state index in [2.05, 4.69) is 10.4 Å². The van der Waals surface area contributed by atoms with E-state index in [9.17, 15) is 9.59 Å². The van der Waals surface area contributed by atoms with Gasteiger partial charge >= 0.3 is 0 Å². The van der Waals surface area contributed by atoms with Crippen molar-refractivity contribution in [1.82, 2.24) is 19.5 Å². The zero-order chi connectivity index (χ0) is 22.8. The normalized spacial score (nSPS) is 11.1. The van der Waals surface area contributed by atoms with Crippen molar-refractivity contribution in [2.24, 2.45) is 7.05 Å². The SMILES string of the molecule is Cc1ccc(CNC(=O)CCc2c(C)n(C)c3cc(-c4ccccc4C)nn3c2=O)cc1. The van der Waals surface area contributed by atoms with Crippen molar-refractivity contribution in [1.29, 1.82) is 0 Å². The number of aryl methyl sites for hydroxylation is 3. The molecule has 6 heteroatoms. The zero-order valence-corrected chi connectivity index (χ0v) is 19.0. The van der Waals surface area contributed by atoms with Crippen LogP contribution in [0.5, 0.6) is 0 Å². The summed E-state index contributed by atoms with van der Waals surface area (Å²) in [4.78, 5) is 25.6. The molecule has 2 aromatic carbocycles. The van der Waals surface area contributed by atoms with E-state index < -0.39 is 0 Å². The topological polar surface area (TPSA) is 68.4 Å². The molecular weight excluding hydrogens is 400 g/mol. The second-order valence-corrected chi connectivity index (χ2v) is 8.30. The molecule has 0 saturated carbocycles. The quantitative estimate of drug-likeness (QED) is 0.507. The van der Waals surface area contributed by atoms with Gasteiger partial charge in [0.1, 0.15) is 5.65 Å². The number of aromatic nitrogens is 3. The van der Waals surface area contributed by atoms with Crippen LogP contribution in [0.2, 0.25) is 0 Å². The highest BCUT2D eigenvalue weighted by atomic mass is 16.1. The Morgan fingerprint density at radius 2 is 1.75 bits per heavy atom. The number of hydrogen-bond acceptors (Lipinski definition) is 3. The van der Waals surface area contributed by atoms with Crippen LogP contribution in [0.3, 0.4) is 0 Å². The largest absolute Gasteiger partial charge is 0.352 e. The second kappa shape index (κ2) is 8.83. The fraction of sp³-hybridized carbons (Fsp3) is 0.269. The van der Waals surface area contributed by atoms with Crippen molar-refractivity contribution in [2.75, 3.05) is 0 Å². The second-order valence-electron chi connectivity index (χ2n) is 8.30. The van der Waals surface area contributed by atoms with Gasteiger partial charge in [-0.05, 0) is 38.3 Å². The smallest absolute Gasteiger partial charge is 0.277 e. The van der Waals surface area contributed by atoms with Gasteiger partial charge in [0.2, 0.25) is 5.91 Å². The number of benzene rings is 2. The van der Waals surface area contributed by atoms with Crippen molar-refractivity contribution >= 4 is 11.6 Å². The highest BCUT2D eigenvalue weighted by Crippen LogP contribution is 2.23. The monoisotopic (exact) mass is 428 g/mol. The number of rotatable bonds is 6. The standard InChI is InChI=1S/C26H28N4O2/c1-17-9-11-20(12-10-17)16-27-24(31)14-13-22-19(3)29(4)25-15-23(28-30(25)26(22)32)21-8-6-5-7-18(21)2/h5-12,15H,13-14,16H2,1-4H3,(H,27,31). The molecule has 0 unspecified atom stereocenters. The molecular formula is C26H28N4O2. The summed E-state index contributed by atoms with van der Waals surface area (Å²) in [7, 11) is 1.92. The van der Waals surface area contributed by atoms with Crippen molar-refractivity contribution in [2.45, 2.75) is 40.2 Å². The third-order valence-corrected chi connectivity index (χ3v) is 6.06. The Bertz CT molecular complexity index is 1350. The minimum atomic E-state index is -0.165. The Balaban J connectivity index is 1.55. The Hall–Kier alpha value is -3.67. The van der Waals surface area contributed by atoms with E-state index in [1.165, 1.54) is 10.1 Å². The molecule has 0 radical (unpaired) electrons. The fourth-order valence-corrected chi connectivity index (χ4v) is 3.93. The summed E-state index contributed by atoms with van der Waals surface area (Å²) < 4.78 is 3.42. The molecule has 0 atom stereocenters. The van der Waals surface area contributed by atoms with Gasteiger partial charge in [0, 0.05) is 42.9 Å². The lowest BCUT2D eigenvalue weighted by Gasteiger charge is -2.12. The van der Waals surface area contributed by atoms with Crippen LogP contribution < -0.4 is 10.9 Å². The van der Waals surface area contributed by atoms with Crippen molar-refractivity contribution in [3.63, 3.8) is 0 Å². The first-order valence-corrected chi connectivity index (χ1v) is 10.8. The fourth-order valence-electron chi connectivity index (χ4n) is 3.93. The summed E-state index contributed by atoms with van der Waals surface area (Å²) in [5, 5.41) is 7.54. The molecule has 4 rings (SSSR count). The van der Waals surface area contributed by atoms with Crippen LogP contribution in [0.15, 0.2) is 59.4 Å². The summed E-state index contributed by atoms with van der Waals surface area (Å²) >= 11 is 0. The van der Waals surface area contributed by atoms with Crippen molar-refractivity contribution in [3.05, 3.63) is 92.9 Å². The van der Waals surface area contributed by atoms with Gasteiger partial charge in [-0.1, -0.05) is 54.1 Å². The van der Waals surface area contributed by atoms with E-state index in [0.717, 1.165) is 33.7 Å². The lowest BCUT2D eigenvalue weighted by molar-refractivity contribution is -0.121. The highest BCUT2D eigenvalue weighted by Gasteiger charge is 2.17. The molecule has 0 aliphatic carbocycles. The average Bonchev–Trinajstić information content (AvgIpc) is 3.23. The minimum Gasteiger partial charge on any atom is -0.352 e. The zero-order valence-electron chi connectivity index (χ0n) is 19.0. The molecule has 0 aliphatic heterocycles. The van der Waals surface area contributed by atoms with Crippen LogP contribution in [0.1, 0.15) is 34.4 Å². The van der Waals surface area contributed by atoms with Crippen molar-refractivity contribution < 1.29 is 4.79 Å². The number of carbonyl (C=O) groups is 1. The molecule has 4 aromatic rings. The molecule has 2 heterocycles. The predicted octanol–water partition coefficient (Wildman–Crippen LogP) is 3.87. The summed E-state index contributed by atoms with van der Waals surface area (Å²) in [6, 6.07) is 18.0. The van der Waals surface area contributed by atoms with Gasteiger partial charge in [0.05, 0.1) is 5.69 Å². The average molecular weight is 429 g/mol. The van der Waals surface area contributed by atoms with E-state index in [1.807, 2.05) is 87.0 Å². The Kier molecular flexibility index (Phi) is 5.95. The predicted molar refractivity (Wildman–Crippen MR) is 127 cm³/mol. The van der Waals surface area contributed by atoms with Crippen molar-refractivity contribution in [3.8, 4) is 11.3 Å². The molecule has 1 N–H and O–H groups in total. The van der Waals surface area contributed by atoms with E-state index in [-0.39, 0.29) is 17.9 Å². The van der Waals surface area contributed by atoms with Crippen LogP contribution >= 0.6 is 0 Å². The summed E-state index contributed by atoms with van der Waals surface area (Å²) in [5.74, 6) is -0.0758. The van der Waals surface area contributed by atoms with Gasteiger partial charge in [-0.25, -0.2) is 0 Å². The first-order valence-electron chi connectivity index (χ1n) is 10.8. The van der Waals surface area contributed by atoms with Gasteiger partial charge < -0.3 is 9.88 Å².